The average Bonchev–Trinajstić information content (AvgIpc) is 2.76. The summed E-state index contributed by atoms with van der Waals surface area (Å²) >= 11 is 0. The van der Waals surface area contributed by atoms with Crippen molar-refractivity contribution in [3.8, 4) is 0 Å². The largest absolute Gasteiger partial charge is 0.378 e. The number of anilines is 1. The number of carbonyl (C=O) groups excluding carboxylic acids is 1. The number of nitrogens with zero attached hydrogens (tertiary/aromatic N) is 2. The smallest absolute Gasteiger partial charge is 0.315 e. The molecule has 0 aliphatic carbocycles. The fourth-order valence-electron chi connectivity index (χ4n) is 3.02. The van der Waals surface area contributed by atoms with Crippen LogP contribution in [0.4, 0.5) is 10.6 Å². The predicted octanol–water partition coefficient (Wildman–Crippen LogP) is 2.45. The van der Waals surface area contributed by atoms with Crippen molar-refractivity contribution in [1.82, 2.24) is 15.6 Å². The number of pyridine rings is 1. The molecule has 0 bridgehead atoms. The Hall–Kier alpha value is -2.64. The van der Waals surface area contributed by atoms with Gasteiger partial charge in [-0.2, -0.15) is 0 Å². The average molecular weight is 384 g/mol. The van der Waals surface area contributed by atoms with Gasteiger partial charge < -0.3 is 25.0 Å². The van der Waals surface area contributed by atoms with Crippen molar-refractivity contribution in [2.75, 3.05) is 37.8 Å². The molecule has 150 valence electrons. The number of amides is 2. The topological polar surface area (TPSA) is 75.7 Å². The van der Waals surface area contributed by atoms with Crippen LogP contribution in [0.5, 0.6) is 0 Å². The van der Waals surface area contributed by atoms with Crippen molar-refractivity contribution in [2.45, 2.75) is 26.6 Å². The standard InChI is InChI=1S/C21H28N4O3/c1-2-27-16-18-7-5-17(6-8-18)14-23-21(26)24-15-19-4-3-9-22-20(19)25-10-12-28-13-11-25/h3-9H,2,10-16H2,1H3,(H2,23,24,26). The summed E-state index contributed by atoms with van der Waals surface area (Å²) in [5, 5.41) is 5.82. The van der Waals surface area contributed by atoms with Crippen LogP contribution in [-0.4, -0.2) is 43.9 Å². The fraction of sp³-hybridized carbons (Fsp3) is 0.429. The summed E-state index contributed by atoms with van der Waals surface area (Å²) in [5.41, 5.74) is 3.17. The number of ether oxygens (including phenoxy) is 2. The highest BCUT2D eigenvalue weighted by atomic mass is 16.5. The van der Waals surface area contributed by atoms with Gasteiger partial charge in [0.2, 0.25) is 0 Å². The molecule has 0 unspecified atom stereocenters. The van der Waals surface area contributed by atoms with Crippen molar-refractivity contribution in [3.05, 3.63) is 59.3 Å². The van der Waals surface area contributed by atoms with E-state index in [1.54, 1.807) is 6.20 Å². The maximum absolute atomic E-state index is 12.2. The molecule has 1 aromatic heterocycles. The second-order valence-corrected chi connectivity index (χ2v) is 6.58. The van der Waals surface area contributed by atoms with Crippen LogP contribution in [0, 0.1) is 0 Å². The van der Waals surface area contributed by atoms with Crippen LogP contribution in [-0.2, 0) is 29.2 Å². The van der Waals surface area contributed by atoms with E-state index in [2.05, 4.69) is 20.5 Å². The van der Waals surface area contributed by atoms with Crippen LogP contribution in [0.25, 0.3) is 0 Å². The first-order valence-corrected chi connectivity index (χ1v) is 9.70. The number of urea groups is 1. The van der Waals surface area contributed by atoms with Crippen molar-refractivity contribution in [3.63, 3.8) is 0 Å². The van der Waals surface area contributed by atoms with E-state index >= 15 is 0 Å². The molecular weight excluding hydrogens is 356 g/mol. The third kappa shape index (κ3) is 5.94. The predicted molar refractivity (Wildman–Crippen MR) is 108 cm³/mol. The van der Waals surface area contributed by atoms with Gasteiger partial charge >= 0.3 is 6.03 Å². The molecule has 1 saturated heterocycles. The first-order valence-electron chi connectivity index (χ1n) is 9.70. The maximum Gasteiger partial charge on any atom is 0.315 e. The van der Waals surface area contributed by atoms with E-state index in [1.165, 1.54) is 0 Å². The van der Waals surface area contributed by atoms with E-state index in [-0.39, 0.29) is 6.03 Å². The lowest BCUT2D eigenvalue weighted by Gasteiger charge is -2.29. The molecule has 2 N–H and O–H groups in total. The number of aromatic nitrogens is 1. The van der Waals surface area contributed by atoms with Crippen molar-refractivity contribution in [2.24, 2.45) is 0 Å². The van der Waals surface area contributed by atoms with Crippen LogP contribution in [0.3, 0.4) is 0 Å². The van der Waals surface area contributed by atoms with Gasteiger partial charge in [0.05, 0.1) is 19.8 Å². The van der Waals surface area contributed by atoms with E-state index in [0.29, 0.717) is 39.5 Å². The van der Waals surface area contributed by atoms with Crippen molar-refractivity contribution < 1.29 is 14.3 Å². The van der Waals surface area contributed by atoms with Gasteiger partial charge in [0.25, 0.3) is 0 Å². The summed E-state index contributed by atoms with van der Waals surface area (Å²) in [7, 11) is 0. The number of rotatable bonds is 8. The Bertz CT molecular complexity index is 746. The van der Waals surface area contributed by atoms with Gasteiger partial charge in [0.15, 0.2) is 0 Å². The monoisotopic (exact) mass is 384 g/mol. The van der Waals surface area contributed by atoms with E-state index in [4.69, 9.17) is 9.47 Å². The summed E-state index contributed by atoms with van der Waals surface area (Å²) in [6.07, 6.45) is 1.78. The Morgan fingerprint density at radius 2 is 1.82 bits per heavy atom. The third-order valence-electron chi connectivity index (χ3n) is 4.57. The second kappa shape index (κ2) is 10.6. The number of benzene rings is 1. The van der Waals surface area contributed by atoms with Crippen molar-refractivity contribution >= 4 is 11.8 Å². The van der Waals surface area contributed by atoms with Crippen LogP contribution in [0.2, 0.25) is 0 Å². The van der Waals surface area contributed by atoms with E-state index in [1.807, 2.05) is 43.3 Å². The Morgan fingerprint density at radius 1 is 1.11 bits per heavy atom. The quantitative estimate of drug-likeness (QED) is 0.731. The van der Waals surface area contributed by atoms with Gasteiger partial charge in [-0.1, -0.05) is 30.3 Å². The first-order chi connectivity index (χ1) is 13.8. The molecule has 1 fully saturated rings. The fourth-order valence-corrected chi connectivity index (χ4v) is 3.02. The van der Waals surface area contributed by atoms with Crippen LogP contribution >= 0.6 is 0 Å². The Morgan fingerprint density at radius 3 is 2.57 bits per heavy atom. The number of hydrogen-bond donors (Lipinski definition) is 2. The highest BCUT2D eigenvalue weighted by molar-refractivity contribution is 5.74. The normalized spacial score (nSPS) is 14.0. The van der Waals surface area contributed by atoms with Gasteiger partial charge in [-0.15, -0.1) is 0 Å². The highest BCUT2D eigenvalue weighted by Gasteiger charge is 2.16. The number of hydrogen-bond acceptors (Lipinski definition) is 5. The number of carbonyl (C=O) groups is 1. The zero-order chi connectivity index (χ0) is 19.6. The molecule has 1 aliphatic heterocycles. The summed E-state index contributed by atoms with van der Waals surface area (Å²) in [6.45, 7) is 7.23. The molecule has 1 aliphatic rings. The summed E-state index contributed by atoms with van der Waals surface area (Å²) in [5.74, 6) is 0.913. The minimum atomic E-state index is -0.199. The van der Waals surface area contributed by atoms with Gasteiger partial charge in [-0.25, -0.2) is 9.78 Å². The Balaban J connectivity index is 1.47. The van der Waals surface area contributed by atoms with Gasteiger partial charge in [0.1, 0.15) is 5.82 Å². The molecule has 7 nitrogen and oxygen atoms in total. The third-order valence-corrected chi connectivity index (χ3v) is 4.57. The van der Waals surface area contributed by atoms with Crippen LogP contribution in [0.15, 0.2) is 42.6 Å². The Kier molecular flexibility index (Phi) is 7.63. The second-order valence-electron chi connectivity index (χ2n) is 6.58. The lowest BCUT2D eigenvalue weighted by molar-refractivity contribution is 0.122. The molecule has 0 atom stereocenters. The molecule has 2 aromatic rings. The summed E-state index contributed by atoms with van der Waals surface area (Å²) in [6, 6.07) is 11.7. The molecule has 2 heterocycles. The molecule has 1 aromatic carbocycles. The zero-order valence-electron chi connectivity index (χ0n) is 16.3. The lowest BCUT2D eigenvalue weighted by atomic mass is 10.1. The van der Waals surface area contributed by atoms with Gasteiger partial charge in [0, 0.05) is 44.5 Å². The minimum absolute atomic E-state index is 0.199. The minimum Gasteiger partial charge on any atom is -0.378 e. The summed E-state index contributed by atoms with van der Waals surface area (Å²) < 4.78 is 10.8. The molecular formula is C21H28N4O3. The van der Waals surface area contributed by atoms with Crippen LogP contribution in [0.1, 0.15) is 23.6 Å². The first kappa shape index (κ1) is 20.1. The van der Waals surface area contributed by atoms with Crippen LogP contribution < -0.4 is 15.5 Å². The lowest BCUT2D eigenvalue weighted by Crippen LogP contribution is -2.38. The molecule has 0 spiro atoms. The van der Waals surface area contributed by atoms with E-state index in [9.17, 15) is 4.79 Å². The van der Waals surface area contributed by atoms with Gasteiger partial charge in [-0.05, 0) is 24.1 Å². The van der Waals surface area contributed by atoms with E-state index in [0.717, 1.165) is 35.6 Å². The maximum atomic E-state index is 12.2. The highest BCUT2D eigenvalue weighted by Crippen LogP contribution is 2.18. The van der Waals surface area contributed by atoms with E-state index < -0.39 is 0 Å². The summed E-state index contributed by atoms with van der Waals surface area (Å²) in [4.78, 5) is 18.9. The van der Waals surface area contributed by atoms with Gasteiger partial charge in [-0.3, -0.25) is 0 Å². The zero-order valence-corrected chi connectivity index (χ0v) is 16.3. The molecule has 2 amide bonds. The molecule has 0 radical (unpaired) electrons. The van der Waals surface area contributed by atoms with Crippen molar-refractivity contribution in [1.29, 1.82) is 0 Å². The molecule has 7 heteroatoms. The Labute approximate surface area is 166 Å². The number of morpholine rings is 1. The molecule has 0 saturated carbocycles. The number of nitrogens with one attached hydrogen (secondary N) is 2. The molecule has 3 rings (SSSR count). The molecule has 28 heavy (non-hydrogen) atoms. The SMILES string of the molecule is CCOCc1ccc(CNC(=O)NCc2cccnc2N2CCOCC2)cc1.